The summed E-state index contributed by atoms with van der Waals surface area (Å²) in [5.41, 5.74) is 8.60. The van der Waals surface area contributed by atoms with E-state index in [4.69, 9.17) is 5.73 Å². The van der Waals surface area contributed by atoms with Crippen LogP contribution >= 0.6 is 0 Å². The van der Waals surface area contributed by atoms with Gasteiger partial charge in [-0.05, 0) is 18.6 Å². The number of aryl methyl sites for hydroxylation is 1. The summed E-state index contributed by atoms with van der Waals surface area (Å²) in [5.74, 6) is 0.895. The van der Waals surface area contributed by atoms with Gasteiger partial charge in [0.2, 0.25) is 0 Å². The summed E-state index contributed by atoms with van der Waals surface area (Å²) in [6, 6.07) is 7.74. The lowest BCUT2D eigenvalue weighted by Crippen LogP contribution is -2.00. The second kappa shape index (κ2) is 4.07. The lowest BCUT2D eigenvalue weighted by Gasteiger charge is -2.09. The smallest absolute Gasteiger partial charge is 0.156 e. The van der Waals surface area contributed by atoms with E-state index in [1.54, 1.807) is 0 Å². The van der Waals surface area contributed by atoms with E-state index in [9.17, 15) is 5.26 Å². The fourth-order valence-electron chi connectivity index (χ4n) is 2.20. The topological polar surface area (TPSA) is 104 Å². The fraction of sp³-hybridized carbons (Fsp3) is 0.0769. The number of H-pyrrole nitrogens is 1. The molecule has 0 spiro atoms. The molecule has 0 aliphatic heterocycles. The minimum absolute atomic E-state index is 0.252. The average molecular weight is 250 g/mol. The van der Waals surface area contributed by atoms with Gasteiger partial charge in [0.1, 0.15) is 18.2 Å². The van der Waals surface area contributed by atoms with Gasteiger partial charge in [0.05, 0.1) is 11.1 Å². The van der Waals surface area contributed by atoms with Crippen LogP contribution in [0.1, 0.15) is 11.1 Å². The van der Waals surface area contributed by atoms with E-state index in [1.165, 1.54) is 6.33 Å². The number of benzene rings is 1. The van der Waals surface area contributed by atoms with Gasteiger partial charge in [0, 0.05) is 10.9 Å². The lowest BCUT2D eigenvalue weighted by molar-refractivity contribution is 1.10. The van der Waals surface area contributed by atoms with Crippen LogP contribution in [0, 0.1) is 18.3 Å². The molecule has 6 nitrogen and oxygen atoms in total. The second-order valence-corrected chi connectivity index (χ2v) is 4.14. The number of aromatic nitrogens is 4. The van der Waals surface area contributed by atoms with Crippen molar-refractivity contribution in [3.05, 3.63) is 35.7 Å². The number of fused-ring (bicyclic) bond motifs is 1. The van der Waals surface area contributed by atoms with Crippen molar-refractivity contribution in [1.82, 2.24) is 20.2 Å². The van der Waals surface area contributed by atoms with E-state index in [-0.39, 0.29) is 5.82 Å². The Morgan fingerprint density at radius 1 is 1.37 bits per heavy atom. The molecule has 0 unspecified atom stereocenters. The summed E-state index contributed by atoms with van der Waals surface area (Å²) in [6.07, 6.45) is 1.44. The zero-order valence-corrected chi connectivity index (χ0v) is 10.2. The molecule has 3 rings (SSSR count). The van der Waals surface area contributed by atoms with E-state index >= 15 is 0 Å². The van der Waals surface area contributed by atoms with Crippen molar-refractivity contribution in [1.29, 1.82) is 5.26 Å². The minimum Gasteiger partial charge on any atom is -0.383 e. The van der Waals surface area contributed by atoms with Crippen LogP contribution in [0.5, 0.6) is 0 Å². The Hall–Kier alpha value is -2.94. The van der Waals surface area contributed by atoms with Crippen molar-refractivity contribution in [2.75, 3.05) is 5.73 Å². The second-order valence-electron chi connectivity index (χ2n) is 4.14. The maximum absolute atomic E-state index is 9.17. The van der Waals surface area contributed by atoms with Crippen LogP contribution in [0.2, 0.25) is 0 Å². The molecule has 0 saturated heterocycles. The third-order valence-corrected chi connectivity index (χ3v) is 3.07. The van der Waals surface area contributed by atoms with E-state index in [0.717, 1.165) is 22.0 Å². The maximum Gasteiger partial charge on any atom is 0.156 e. The molecule has 0 saturated carbocycles. The van der Waals surface area contributed by atoms with Gasteiger partial charge in [-0.2, -0.15) is 10.4 Å². The highest BCUT2D eigenvalue weighted by atomic mass is 15.2. The first kappa shape index (κ1) is 11.2. The number of pyridine rings is 1. The van der Waals surface area contributed by atoms with Gasteiger partial charge >= 0.3 is 0 Å². The van der Waals surface area contributed by atoms with Crippen molar-refractivity contribution in [3.63, 3.8) is 0 Å². The van der Waals surface area contributed by atoms with Crippen LogP contribution in [0.3, 0.4) is 0 Å². The standard InChI is InChI=1S/C13H10N6/c1-7-9(5-14)12(15)18-10-4-2-3-8(11(7)10)13-16-6-17-19-13/h2-4,6H,1H3,(H2,15,18)(H,16,17,19). The Balaban J connectivity index is 2.46. The number of anilines is 1. The van der Waals surface area contributed by atoms with Crippen molar-refractivity contribution in [2.24, 2.45) is 0 Å². The molecule has 0 atom stereocenters. The molecule has 0 fully saturated rings. The maximum atomic E-state index is 9.17. The first-order valence-electron chi connectivity index (χ1n) is 5.67. The summed E-state index contributed by atoms with van der Waals surface area (Å²) in [4.78, 5) is 8.42. The molecule has 0 amide bonds. The van der Waals surface area contributed by atoms with Gasteiger partial charge in [0.25, 0.3) is 0 Å². The van der Waals surface area contributed by atoms with Gasteiger partial charge in [-0.25, -0.2) is 9.97 Å². The van der Waals surface area contributed by atoms with Crippen molar-refractivity contribution in [3.8, 4) is 17.5 Å². The Morgan fingerprint density at radius 3 is 2.89 bits per heavy atom. The number of hydrogen-bond donors (Lipinski definition) is 2. The highest BCUT2D eigenvalue weighted by Gasteiger charge is 2.14. The van der Waals surface area contributed by atoms with E-state index in [2.05, 4.69) is 26.2 Å². The molecule has 0 radical (unpaired) electrons. The zero-order valence-electron chi connectivity index (χ0n) is 10.2. The zero-order chi connectivity index (χ0) is 13.4. The third-order valence-electron chi connectivity index (χ3n) is 3.07. The summed E-state index contributed by atoms with van der Waals surface area (Å²) in [6.45, 7) is 1.86. The van der Waals surface area contributed by atoms with Crippen molar-refractivity contribution >= 4 is 16.7 Å². The third kappa shape index (κ3) is 1.60. The Morgan fingerprint density at radius 2 is 2.21 bits per heavy atom. The van der Waals surface area contributed by atoms with Crippen molar-refractivity contribution in [2.45, 2.75) is 6.92 Å². The highest BCUT2D eigenvalue weighted by molar-refractivity contribution is 5.97. The molecular formula is C13H10N6. The summed E-state index contributed by atoms with van der Waals surface area (Å²) in [5, 5.41) is 16.7. The number of nitrogens with zero attached hydrogens (tertiary/aromatic N) is 4. The fourth-order valence-corrected chi connectivity index (χ4v) is 2.20. The molecule has 1 aromatic carbocycles. The monoisotopic (exact) mass is 250 g/mol. The number of hydrogen-bond acceptors (Lipinski definition) is 5. The normalized spacial score (nSPS) is 10.5. The number of nitrogens with two attached hydrogens (primary N) is 1. The number of nitrogens with one attached hydrogen (secondary N) is 1. The Bertz CT molecular complexity index is 798. The summed E-state index contributed by atoms with van der Waals surface area (Å²) in [7, 11) is 0. The lowest BCUT2D eigenvalue weighted by atomic mass is 9.99. The van der Waals surface area contributed by atoms with E-state index in [1.807, 2.05) is 25.1 Å². The van der Waals surface area contributed by atoms with Crippen LogP contribution in [-0.2, 0) is 0 Å². The summed E-state index contributed by atoms with van der Waals surface area (Å²) < 4.78 is 0. The van der Waals surface area contributed by atoms with Crippen LogP contribution < -0.4 is 5.73 Å². The molecule has 2 aromatic heterocycles. The van der Waals surface area contributed by atoms with Gasteiger partial charge in [-0.1, -0.05) is 12.1 Å². The SMILES string of the molecule is Cc1c(C#N)c(N)nc2cccc(-c3ncn[nH]3)c12. The predicted molar refractivity (Wildman–Crippen MR) is 71.0 cm³/mol. The molecule has 19 heavy (non-hydrogen) atoms. The van der Waals surface area contributed by atoms with Crippen LogP contribution in [0.25, 0.3) is 22.3 Å². The first-order chi connectivity index (χ1) is 9.22. The number of aromatic amines is 1. The molecule has 0 aliphatic carbocycles. The average Bonchev–Trinajstić information content (AvgIpc) is 2.92. The van der Waals surface area contributed by atoms with Crippen molar-refractivity contribution < 1.29 is 0 Å². The van der Waals surface area contributed by atoms with Gasteiger partial charge < -0.3 is 5.73 Å². The number of rotatable bonds is 1. The van der Waals surface area contributed by atoms with Crippen LogP contribution in [0.4, 0.5) is 5.82 Å². The predicted octanol–water partition coefficient (Wildman–Crippen LogP) is 1.78. The molecule has 3 aromatic rings. The molecule has 0 bridgehead atoms. The van der Waals surface area contributed by atoms with Crippen LogP contribution in [0.15, 0.2) is 24.5 Å². The Labute approximate surface area is 108 Å². The molecule has 2 heterocycles. The largest absolute Gasteiger partial charge is 0.383 e. The number of nitrogen functional groups attached to an aromatic ring is 1. The molecule has 6 heteroatoms. The van der Waals surface area contributed by atoms with Gasteiger partial charge in [0.15, 0.2) is 5.82 Å². The van der Waals surface area contributed by atoms with Gasteiger partial charge in [-0.15, -0.1) is 0 Å². The Kier molecular flexibility index (Phi) is 2.39. The molecule has 0 aliphatic rings. The summed E-state index contributed by atoms with van der Waals surface area (Å²) >= 11 is 0. The molecule has 92 valence electrons. The molecular weight excluding hydrogens is 240 g/mol. The first-order valence-corrected chi connectivity index (χ1v) is 5.67. The quantitative estimate of drug-likeness (QED) is 0.685. The van der Waals surface area contributed by atoms with E-state index in [0.29, 0.717) is 11.4 Å². The number of nitriles is 1. The minimum atomic E-state index is 0.252. The highest BCUT2D eigenvalue weighted by Crippen LogP contribution is 2.31. The van der Waals surface area contributed by atoms with Crippen LogP contribution in [-0.4, -0.2) is 20.2 Å². The molecule has 3 N–H and O–H groups in total. The van der Waals surface area contributed by atoms with Gasteiger partial charge in [-0.3, -0.25) is 5.10 Å². The van der Waals surface area contributed by atoms with E-state index < -0.39 is 0 Å².